The van der Waals surface area contributed by atoms with Crippen LogP contribution in [-0.2, 0) is 4.84 Å². The van der Waals surface area contributed by atoms with Crippen molar-refractivity contribution < 1.29 is 9.63 Å². The van der Waals surface area contributed by atoms with E-state index >= 15 is 0 Å². The Morgan fingerprint density at radius 3 is 2.50 bits per heavy atom. The Labute approximate surface area is 47.3 Å². The minimum atomic E-state index is -0.697. The van der Waals surface area contributed by atoms with Gasteiger partial charge in [0, 0.05) is 5.70 Å². The van der Waals surface area contributed by atoms with Crippen LogP contribution in [0.25, 0.3) is 0 Å². The van der Waals surface area contributed by atoms with Crippen LogP contribution in [0.1, 0.15) is 6.92 Å². The summed E-state index contributed by atoms with van der Waals surface area (Å²) in [5.74, 6) is 4.47. The molecule has 0 aromatic carbocycles. The Morgan fingerprint density at radius 2 is 2.38 bits per heavy atom. The summed E-state index contributed by atoms with van der Waals surface area (Å²) in [6.07, 6.45) is -0.697. The molecule has 0 radical (unpaired) electrons. The maximum absolute atomic E-state index is 10.1. The number of carbonyl (C=O) groups excluding carboxylic acids is 1. The van der Waals surface area contributed by atoms with Crippen molar-refractivity contribution in [2.24, 2.45) is 5.90 Å². The number of rotatable bonds is 1. The normalized spacial score (nSPS) is 7.75. The molecule has 0 aliphatic carbocycles. The van der Waals surface area contributed by atoms with Crippen LogP contribution in [0, 0.1) is 0 Å². The van der Waals surface area contributed by atoms with Crippen LogP contribution in [-0.4, -0.2) is 6.09 Å². The van der Waals surface area contributed by atoms with Gasteiger partial charge in [-0.3, -0.25) is 5.32 Å². The lowest BCUT2D eigenvalue weighted by Gasteiger charge is -1.97. The molecule has 0 spiro atoms. The molecular formula is C4H8N2O2. The van der Waals surface area contributed by atoms with Gasteiger partial charge < -0.3 is 4.84 Å². The number of carbonyl (C=O) groups is 1. The van der Waals surface area contributed by atoms with Gasteiger partial charge in [0.2, 0.25) is 0 Å². The number of hydrogen-bond donors (Lipinski definition) is 2. The van der Waals surface area contributed by atoms with Crippen LogP contribution >= 0.6 is 0 Å². The number of nitrogens with one attached hydrogen (secondary N) is 1. The third kappa shape index (κ3) is 3.17. The van der Waals surface area contributed by atoms with Crippen molar-refractivity contribution in [2.45, 2.75) is 6.92 Å². The van der Waals surface area contributed by atoms with Crippen molar-refractivity contribution in [3.8, 4) is 0 Å². The Bertz CT molecular complexity index is 111. The van der Waals surface area contributed by atoms with Crippen LogP contribution in [0.5, 0.6) is 0 Å². The maximum Gasteiger partial charge on any atom is 0.430 e. The molecule has 1 amide bonds. The first-order valence-electron chi connectivity index (χ1n) is 2.00. The van der Waals surface area contributed by atoms with Gasteiger partial charge in [-0.25, -0.2) is 4.79 Å². The second-order valence-electron chi connectivity index (χ2n) is 1.31. The molecule has 0 atom stereocenters. The summed E-state index contributed by atoms with van der Waals surface area (Å²) in [6, 6.07) is 0. The van der Waals surface area contributed by atoms with Gasteiger partial charge in [0.05, 0.1) is 0 Å². The van der Waals surface area contributed by atoms with E-state index < -0.39 is 6.09 Å². The lowest BCUT2D eigenvalue weighted by atomic mass is 10.6. The summed E-state index contributed by atoms with van der Waals surface area (Å²) >= 11 is 0. The fraction of sp³-hybridized carbons (Fsp3) is 0.250. The van der Waals surface area contributed by atoms with E-state index in [-0.39, 0.29) is 0 Å². The van der Waals surface area contributed by atoms with Crippen LogP contribution in [0.3, 0.4) is 0 Å². The predicted molar refractivity (Wildman–Crippen MR) is 28.6 cm³/mol. The molecule has 0 unspecified atom stereocenters. The molecule has 0 fully saturated rings. The summed E-state index contributed by atoms with van der Waals surface area (Å²) in [5.41, 5.74) is 0.500. The standard InChI is InChI=1S/C4H8N2O2/c1-3(2)6-4(7)8-5/h1,5H2,2H3,(H,6,7). The minimum absolute atomic E-state index is 0.500. The van der Waals surface area contributed by atoms with Crippen LogP contribution in [0.2, 0.25) is 0 Å². The molecule has 3 N–H and O–H groups in total. The van der Waals surface area contributed by atoms with Crippen molar-refractivity contribution >= 4 is 6.09 Å². The van der Waals surface area contributed by atoms with E-state index in [9.17, 15) is 4.79 Å². The summed E-state index contributed by atoms with van der Waals surface area (Å²) < 4.78 is 0. The third-order valence-corrected chi connectivity index (χ3v) is 0.422. The van der Waals surface area contributed by atoms with Crippen molar-refractivity contribution in [2.75, 3.05) is 0 Å². The van der Waals surface area contributed by atoms with Gasteiger partial charge in [0.1, 0.15) is 0 Å². The molecule has 0 saturated carbocycles. The van der Waals surface area contributed by atoms with Crippen molar-refractivity contribution in [1.82, 2.24) is 5.32 Å². The average molecular weight is 116 g/mol. The zero-order chi connectivity index (χ0) is 6.57. The number of allylic oxidation sites excluding steroid dienone is 1. The van der Waals surface area contributed by atoms with Crippen LogP contribution < -0.4 is 11.2 Å². The quantitative estimate of drug-likeness (QED) is 0.478. The fourth-order valence-corrected chi connectivity index (χ4v) is 0.204. The first-order chi connectivity index (χ1) is 3.66. The summed E-state index contributed by atoms with van der Waals surface area (Å²) in [4.78, 5) is 13.9. The van der Waals surface area contributed by atoms with Gasteiger partial charge in [-0.05, 0) is 6.92 Å². The highest BCUT2D eigenvalue weighted by Crippen LogP contribution is 1.77. The van der Waals surface area contributed by atoms with Crippen molar-refractivity contribution in [3.05, 3.63) is 12.3 Å². The second-order valence-corrected chi connectivity index (χ2v) is 1.31. The van der Waals surface area contributed by atoms with Gasteiger partial charge in [-0.1, -0.05) is 6.58 Å². The van der Waals surface area contributed by atoms with E-state index in [1.54, 1.807) is 6.92 Å². The topological polar surface area (TPSA) is 64.3 Å². The molecule has 4 heteroatoms. The van der Waals surface area contributed by atoms with E-state index in [0.29, 0.717) is 5.70 Å². The molecule has 0 aromatic heterocycles. The molecule has 8 heavy (non-hydrogen) atoms. The highest BCUT2D eigenvalue weighted by molar-refractivity contribution is 5.68. The first kappa shape index (κ1) is 6.97. The van der Waals surface area contributed by atoms with E-state index in [2.05, 4.69) is 22.6 Å². The largest absolute Gasteiger partial charge is 0.430 e. The Kier molecular flexibility index (Phi) is 2.64. The van der Waals surface area contributed by atoms with Crippen LogP contribution in [0.15, 0.2) is 12.3 Å². The van der Waals surface area contributed by atoms with E-state index in [4.69, 9.17) is 0 Å². The molecule has 0 bridgehead atoms. The first-order valence-corrected chi connectivity index (χ1v) is 2.00. The van der Waals surface area contributed by atoms with E-state index in [0.717, 1.165) is 0 Å². The number of amides is 1. The van der Waals surface area contributed by atoms with Gasteiger partial charge in [-0.15, -0.1) is 0 Å². The van der Waals surface area contributed by atoms with E-state index in [1.165, 1.54) is 0 Å². The van der Waals surface area contributed by atoms with Gasteiger partial charge in [0.25, 0.3) is 0 Å². The lowest BCUT2D eigenvalue weighted by Crippen LogP contribution is -2.24. The third-order valence-electron chi connectivity index (χ3n) is 0.422. The molecule has 4 nitrogen and oxygen atoms in total. The lowest BCUT2D eigenvalue weighted by molar-refractivity contribution is 0.151. The molecule has 46 valence electrons. The summed E-state index contributed by atoms with van der Waals surface area (Å²) in [5, 5.41) is 2.21. The van der Waals surface area contributed by atoms with Gasteiger partial charge in [-0.2, -0.15) is 5.90 Å². The predicted octanol–water partition coefficient (Wildman–Crippen LogP) is 0.120. The van der Waals surface area contributed by atoms with E-state index in [1.807, 2.05) is 0 Å². The second kappa shape index (κ2) is 3.04. The maximum atomic E-state index is 10.1. The van der Waals surface area contributed by atoms with Crippen molar-refractivity contribution in [1.29, 1.82) is 0 Å². The Morgan fingerprint density at radius 1 is 1.88 bits per heavy atom. The molecule has 0 heterocycles. The Hall–Kier alpha value is -1.03. The zero-order valence-corrected chi connectivity index (χ0v) is 4.60. The molecule has 0 aromatic rings. The van der Waals surface area contributed by atoms with Crippen molar-refractivity contribution in [3.63, 3.8) is 0 Å². The number of hydrogen-bond acceptors (Lipinski definition) is 3. The zero-order valence-electron chi connectivity index (χ0n) is 4.60. The molecule has 0 aliphatic rings. The Balaban J connectivity index is 3.40. The van der Waals surface area contributed by atoms with Gasteiger partial charge in [0.15, 0.2) is 0 Å². The summed E-state index contributed by atoms with van der Waals surface area (Å²) in [7, 11) is 0. The molecule has 0 aliphatic heterocycles. The average Bonchev–Trinajstić information content (AvgIpc) is 1.65. The van der Waals surface area contributed by atoms with Crippen LogP contribution in [0.4, 0.5) is 4.79 Å². The SMILES string of the molecule is C=C(C)NC(=O)ON. The highest BCUT2D eigenvalue weighted by atomic mass is 16.7. The molecule has 0 rings (SSSR count). The highest BCUT2D eigenvalue weighted by Gasteiger charge is 1.94. The summed E-state index contributed by atoms with van der Waals surface area (Å²) in [6.45, 7) is 5.00. The fourth-order valence-electron chi connectivity index (χ4n) is 0.204. The van der Waals surface area contributed by atoms with Gasteiger partial charge >= 0.3 is 6.09 Å². The smallest absolute Gasteiger partial charge is 0.357 e. The molecule has 0 saturated heterocycles. The minimum Gasteiger partial charge on any atom is -0.357 e. The number of nitrogens with two attached hydrogens (primary N) is 1. The monoisotopic (exact) mass is 116 g/mol. The molecular weight excluding hydrogens is 108 g/mol.